The van der Waals surface area contributed by atoms with Gasteiger partial charge in [0.05, 0.1) is 42.3 Å². The fourth-order valence-corrected chi connectivity index (χ4v) is 5.41. The first-order chi connectivity index (χ1) is 18.0. The third-order valence-electron chi connectivity index (χ3n) is 7.58. The molecule has 1 aliphatic heterocycles. The fourth-order valence-electron chi connectivity index (χ4n) is 5.41. The Morgan fingerprint density at radius 2 is 1.95 bits per heavy atom. The van der Waals surface area contributed by atoms with E-state index in [2.05, 4.69) is 15.3 Å². The summed E-state index contributed by atoms with van der Waals surface area (Å²) in [7, 11) is 1.75. The maximum absolute atomic E-state index is 14.4. The highest BCUT2D eigenvalue weighted by Crippen LogP contribution is 2.36. The van der Waals surface area contributed by atoms with Crippen LogP contribution in [0, 0.1) is 25.7 Å². The number of aryl methyl sites for hydroxylation is 2. The number of alkyl halides is 2. The molecular weight excluding hydrogens is 494 g/mol. The number of aliphatic carboxylic acids is 1. The lowest BCUT2D eigenvalue weighted by atomic mass is 9.92. The van der Waals surface area contributed by atoms with Crippen molar-refractivity contribution in [2.45, 2.75) is 58.4 Å². The van der Waals surface area contributed by atoms with Gasteiger partial charge in [-0.1, -0.05) is 5.21 Å². The monoisotopic (exact) mass is 526 g/mol. The molecule has 1 aliphatic carbocycles. The molecule has 38 heavy (non-hydrogen) atoms. The van der Waals surface area contributed by atoms with Crippen molar-refractivity contribution in [2.24, 2.45) is 18.9 Å². The van der Waals surface area contributed by atoms with E-state index >= 15 is 0 Å². The molecular formula is C27H32F2N6O3. The lowest BCUT2D eigenvalue weighted by molar-refractivity contribution is -0.139. The fraction of sp³-hybridized carbons (Fsp3) is 0.519. The normalized spacial score (nSPS) is 19.1. The first kappa shape index (κ1) is 26.0. The van der Waals surface area contributed by atoms with Crippen LogP contribution in [0.1, 0.15) is 48.2 Å². The summed E-state index contributed by atoms with van der Waals surface area (Å²) in [6, 6.07) is 5.45. The Kier molecular flexibility index (Phi) is 6.79. The summed E-state index contributed by atoms with van der Waals surface area (Å²) >= 11 is 0. The second-order valence-corrected chi connectivity index (χ2v) is 10.8. The number of hydrogen-bond acceptors (Lipinski definition) is 6. The molecule has 9 nitrogen and oxygen atoms in total. The van der Waals surface area contributed by atoms with Crippen molar-refractivity contribution in [3.05, 3.63) is 57.3 Å². The van der Waals surface area contributed by atoms with Gasteiger partial charge in [-0.25, -0.2) is 18.4 Å². The van der Waals surface area contributed by atoms with Gasteiger partial charge in [0.25, 0.3) is 11.5 Å². The van der Waals surface area contributed by atoms with E-state index in [1.807, 2.05) is 19.2 Å². The highest BCUT2D eigenvalue weighted by molar-refractivity contribution is 5.67. The van der Waals surface area contributed by atoms with Crippen molar-refractivity contribution in [3.63, 3.8) is 0 Å². The van der Waals surface area contributed by atoms with Gasteiger partial charge in [-0.2, -0.15) is 0 Å². The minimum atomic E-state index is -2.98. The van der Waals surface area contributed by atoms with Gasteiger partial charge in [-0.15, -0.1) is 5.10 Å². The van der Waals surface area contributed by atoms with Gasteiger partial charge in [0.1, 0.15) is 5.69 Å². The molecule has 0 unspecified atom stereocenters. The molecule has 3 aromatic heterocycles. The summed E-state index contributed by atoms with van der Waals surface area (Å²) in [6.45, 7) is 3.60. The van der Waals surface area contributed by atoms with Crippen LogP contribution >= 0.6 is 0 Å². The van der Waals surface area contributed by atoms with Gasteiger partial charge in [-0.3, -0.25) is 9.59 Å². The molecule has 1 atom stereocenters. The van der Waals surface area contributed by atoms with E-state index in [9.17, 15) is 18.4 Å². The van der Waals surface area contributed by atoms with E-state index in [4.69, 9.17) is 5.11 Å². The molecule has 0 amide bonds. The van der Waals surface area contributed by atoms with Crippen LogP contribution in [0.4, 0.5) is 14.5 Å². The molecule has 1 saturated heterocycles. The topological polar surface area (TPSA) is 106 Å². The van der Waals surface area contributed by atoms with Gasteiger partial charge < -0.3 is 14.6 Å². The number of hydrogen-bond donors (Lipinski definition) is 1. The first-order valence-corrected chi connectivity index (χ1v) is 12.9. The number of carboxylic acids is 1. The lowest BCUT2D eigenvalue weighted by Gasteiger charge is -2.39. The zero-order valence-electron chi connectivity index (χ0n) is 21.8. The van der Waals surface area contributed by atoms with Gasteiger partial charge in [0.15, 0.2) is 0 Å². The van der Waals surface area contributed by atoms with Crippen LogP contribution in [0.15, 0.2) is 29.2 Å². The highest BCUT2D eigenvalue weighted by Gasteiger charge is 2.41. The number of piperidine rings is 1. The molecule has 202 valence electrons. The average Bonchev–Trinajstić information content (AvgIpc) is 3.58. The van der Waals surface area contributed by atoms with Crippen LogP contribution in [-0.2, 0) is 24.8 Å². The number of rotatable bonds is 8. The molecule has 4 heterocycles. The summed E-state index contributed by atoms with van der Waals surface area (Å²) in [5.74, 6) is -4.03. The SMILES string of the molecule is Cc1nc(-c2nnn(C)c2Cn2ccc(CC3CC3)c(C)c2=O)ccc1N1C[C@@H](CC(=O)O)CC(F)(F)C1. The lowest BCUT2D eigenvalue weighted by Crippen LogP contribution is -2.48. The van der Waals surface area contributed by atoms with Gasteiger partial charge in [-0.05, 0) is 68.7 Å². The Labute approximate surface area is 219 Å². The summed E-state index contributed by atoms with van der Waals surface area (Å²) in [5.41, 5.74) is 4.61. The molecule has 0 aromatic carbocycles. The Bertz CT molecular complexity index is 1430. The van der Waals surface area contributed by atoms with E-state index in [1.54, 1.807) is 35.4 Å². The number of aromatic nitrogens is 5. The predicted molar refractivity (Wildman–Crippen MR) is 137 cm³/mol. The van der Waals surface area contributed by atoms with E-state index in [1.165, 1.54) is 17.7 Å². The molecule has 0 spiro atoms. The zero-order chi connectivity index (χ0) is 27.2. The quantitative estimate of drug-likeness (QED) is 0.478. The second-order valence-electron chi connectivity index (χ2n) is 10.8. The molecule has 1 N–H and O–H groups in total. The molecule has 5 rings (SSSR count). The predicted octanol–water partition coefficient (Wildman–Crippen LogP) is 3.59. The van der Waals surface area contributed by atoms with Gasteiger partial charge >= 0.3 is 5.97 Å². The number of anilines is 1. The van der Waals surface area contributed by atoms with Crippen LogP contribution in [0.2, 0.25) is 0 Å². The number of carboxylic acid groups (broad SMARTS) is 1. The average molecular weight is 527 g/mol. The Morgan fingerprint density at radius 1 is 1.18 bits per heavy atom. The number of carbonyl (C=O) groups is 1. The molecule has 2 aliphatic rings. The van der Waals surface area contributed by atoms with E-state index in [0.29, 0.717) is 34.4 Å². The molecule has 0 radical (unpaired) electrons. The highest BCUT2D eigenvalue weighted by atomic mass is 19.3. The summed E-state index contributed by atoms with van der Waals surface area (Å²) in [5, 5.41) is 17.6. The first-order valence-electron chi connectivity index (χ1n) is 12.9. The summed E-state index contributed by atoms with van der Waals surface area (Å²) < 4.78 is 32.1. The molecule has 2 fully saturated rings. The summed E-state index contributed by atoms with van der Waals surface area (Å²) in [4.78, 5) is 30.4. The minimum Gasteiger partial charge on any atom is -0.481 e. The maximum Gasteiger partial charge on any atom is 0.303 e. The number of nitrogens with zero attached hydrogens (tertiary/aromatic N) is 6. The second kappa shape index (κ2) is 9.92. The van der Waals surface area contributed by atoms with Crippen LogP contribution < -0.4 is 10.5 Å². The Hall–Kier alpha value is -3.63. The van der Waals surface area contributed by atoms with Gasteiger partial charge in [0, 0.05) is 31.8 Å². The third-order valence-corrected chi connectivity index (χ3v) is 7.58. The molecule has 1 saturated carbocycles. The minimum absolute atomic E-state index is 0.0447. The van der Waals surface area contributed by atoms with Crippen molar-refractivity contribution in [1.29, 1.82) is 0 Å². The Balaban J connectivity index is 1.40. The zero-order valence-corrected chi connectivity index (χ0v) is 21.8. The number of halogens is 2. The van der Waals surface area contributed by atoms with Crippen LogP contribution in [0.3, 0.4) is 0 Å². The molecule has 0 bridgehead atoms. The van der Waals surface area contributed by atoms with E-state index in [0.717, 1.165) is 17.5 Å². The van der Waals surface area contributed by atoms with Crippen molar-refractivity contribution in [2.75, 3.05) is 18.0 Å². The van der Waals surface area contributed by atoms with E-state index < -0.39 is 30.8 Å². The maximum atomic E-state index is 14.4. The smallest absolute Gasteiger partial charge is 0.303 e. The molecule has 3 aromatic rings. The van der Waals surface area contributed by atoms with E-state index in [-0.39, 0.29) is 25.1 Å². The number of pyridine rings is 2. The van der Waals surface area contributed by atoms with Crippen molar-refractivity contribution < 1.29 is 18.7 Å². The van der Waals surface area contributed by atoms with Crippen molar-refractivity contribution in [3.8, 4) is 11.4 Å². The summed E-state index contributed by atoms with van der Waals surface area (Å²) in [6.07, 6.45) is 4.46. The molecule has 11 heteroatoms. The third kappa shape index (κ3) is 5.46. The Morgan fingerprint density at radius 3 is 2.63 bits per heavy atom. The van der Waals surface area contributed by atoms with Crippen molar-refractivity contribution in [1.82, 2.24) is 24.5 Å². The van der Waals surface area contributed by atoms with Gasteiger partial charge in [0.2, 0.25) is 0 Å². The van der Waals surface area contributed by atoms with Crippen molar-refractivity contribution >= 4 is 11.7 Å². The van der Waals surface area contributed by atoms with Crippen LogP contribution in [-0.4, -0.2) is 54.6 Å². The van der Waals surface area contributed by atoms with Crippen LogP contribution in [0.5, 0.6) is 0 Å². The standard InChI is InChI=1S/C27H32F2N6O3/c1-16-20(10-18-4-5-18)8-9-34(26(16)38)14-23-25(31-32-33(23)3)21-6-7-22(17(2)30-21)35-13-19(11-24(36)37)12-27(28,29)15-35/h6-9,18-19H,4-5,10-15H2,1-3H3,(H,36,37)/t19-/m0/s1. The largest absolute Gasteiger partial charge is 0.481 e. The van der Waals surface area contributed by atoms with Crippen LogP contribution in [0.25, 0.3) is 11.4 Å².